The van der Waals surface area contributed by atoms with Crippen LogP contribution < -0.4 is 5.32 Å². The van der Waals surface area contributed by atoms with E-state index >= 15 is 0 Å². The van der Waals surface area contributed by atoms with Gasteiger partial charge in [-0.2, -0.15) is 4.98 Å². The Labute approximate surface area is 68.9 Å². The Morgan fingerprint density at radius 1 is 1.75 bits per heavy atom. The summed E-state index contributed by atoms with van der Waals surface area (Å²) >= 11 is 0. The molecule has 6 heteroatoms. The molecule has 0 saturated heterocycles. The molecule has 0 bridgehead atoms. The molecule has 1 rings (SSSR count). The number of hydrogen-bond acceptors (Lipinski definition) is 5. The fourth-order valence-corrected chi connectivity index (χ4v) is 0.641. The number of nitrogens with one attached hydrogen (secondary N) is 1. The van der Waals surface area contributed by atoms with E-state index in [2.05, 4.69) is 20.0 Å². The summed E-state index contributed by atoms with van der Waals surface area (Å²) in [6.45, 7) is 0.212. The van der Waals surface area contributed by atoms with Crippen LogP contribution in [0.25, 0.3) is 0 Å². The highest BCUT2D eigenvalue weighted by atomic mass is 16.5. The fourth-order valence-electron chi connectivity index (χ4n) is 0.641. The molecule has 0 atom stereocenters. The minimum Gasteiger partial charge on any atom is -0.375 e. The first kappa shape index (κ1) is 8.66. The van der Waals surface area contributed by atoms with Gasteiger partial charge in [-0.1, -0.05) is 5.16 Å². The van der Waals surface area contributed by atoms with Gasteiger partial charge in [0.15, 0.2) is 0 Å². The highest BCUT2D eigenvalue weighted by Gasteiger charge is 2.11. The van der Waals surface area contributed by atoms with Crippen molar-refractivity contribution in [1.29, 1.82) is 0 Å². The smallest absolute Gasteiger partial charge is 0.292 e. The number of rotatable bonds is 3. The standard InChI is InChI=1S/C6H9N3O3/c1-7-6(10)5-8-4(3-11-2)12-9-5/h3H2,1-2H3,(H,7,10). The van der Waals surface area contributed by atoms with E-state index < -0.39 is 0 Å². The molecule has 0 spiro atoms. The lowest BCUT2D eigenvalue weighted by atomic mass is 10.6. The van der Waals surface area contributed by atoms with Gasteiger partial charge in [0.05, 0.1) is 0 Å². The third-order valence-corrected chi connectivity index (χ3v) is 1.17. The minimum absolute atomic E-state index is 0.0181. The van der Waals surface area contributed by atoms with Crippen LogP contribution in [0.1, 0.15) is 16.5 Å². The second-order valence-electron chi connectivity index (χ2n) is 2.02. The zero-order chi connectivity index (χ0) is 8.97. The zero-order valence-electron chi connectivity index (χ0n) is 6.83. The van der Waals surface area contributed by atoms with E-state index in [0.29, 0.717) is 0 Å². The van der Waals surface area contributed by atoms with E-state index in [4.69, 9.17) is 4.74 Å². The average Bonchev–Trinajstić information content (AvgIpc) is 2.52. The first-order valence-electron chi connectivity index (χ1n) is 3.31. The predicted octanol–water partition coefficient (Wildman–Crippen LogP) is -0.424. The van der Waals surface area contributed by atoms with Crippen LogP contribution in [0.2, 0.25) is 0 Å². The maximum Gasteiger partial charge on any atom is 0.292 e. The van der Waals surface area contributed by atoms with Crippen molar-refractivity contribution in [1.82, 2.24) is 15.5 Å². The Morgan fingerprint density at radius 3 is 3.08 bits per heavy atom. The number of nitrogens with zero attached hydrogens (tertiary/aromatic N) is 2. The van der Waals surface area contributed by atoms with Crippen molar-refractivity contribution in [3.05, 3.63) is 11.7 Å². The van der Waals surface area contributed by atoms with Gasteiger partial charge >= 0.3 is 0 Å². The van der Waals surface area contributed by atoms with E-state index in [1.807, 2.05) is 0 Å². The molecule has 0 aliphatic carbocycles. The van der Waals surface area contributed by atoms with Crippen molar-refractivity contribution >= 4 is 5.91 Å². The summed E-state index contributed by atoms with van der Waals surface area (Å²) in [5.41, 5.74) is 0. The van der Waals surface area contributed by atoms with Gasteiger partial charge in [-0.05, 0) is 0 Å². The molecular formula is C6H9N3O3. The molecule has 1 amide bonds. The third-order valence-electron chi connectivity index (χ3n) is 1.17. The molecular weight excluding hydrogens is 162 g/mol. The molecule has 0 fully saturated rings. The normalized spacial score (nSPS) is 9.83. The lowest BCUT2D eigenvalue weighted by Crippen LogP contribution is -2.19. The zero-order valence-corrected chi connectivity index (χ0v) is 6.83. The summed E-state index contributed by atoms with van der Waals surface area (Å²) in [5.74, 6) is -0.0678. The Kier molecular flexibility index (Phi) is 2.76. The minimum atomic E-state index is -0.374. The third kappa shape index (κ3) is 1.79. The number of ether oxygens (including phenoxy) is 1. The predicted molar refractivity (Wildman–Crippen MR) is 38.4 cm³/mol. The lowest BCUT2D eigenvalue weighted by molar-refractivity contribution is 0.0949. The van der Waals surface area contributed by atoms with E-state index in [1.165, 1.54) is 14.2 Å². The SMILES string of the molecule is CNC(=O)c1noc(COC)n1. The molecule has 1 N–H and O–H groups in total. The second kappa shape index (κ2) is 3.82. The molecule has 6 nitrogen and oxygen atoms in total. The molecule has 0 aromatic carbocycles. The van der Waals surface area contributed by atoms with Crippen molar-refractivity contribution < 1.29 is 14.1 Å². The van der Waals surface area contributed by atoms with E-state index in [1.54, 1.807) is 0 Å². The summed E-state index contributed by atoms with van der Waals surface area (Å²) in [5, 5.41) is 5.80. The van der Waals surface area contributed by atoms with Crippen molar-refractivity contribution in [2.24, 2.45) is 0 Å². The highest BCUT2D eigenvalue weighted by Crippen LogP contribution is 1.97. The molecule has 0 saturated carbocycles. The van der Waals surface area contributed by atoms with Gasteiger partial charge in [0, 0.05) is 14.2 Å². The van der Waals surface area contributed by atoms with Crippen LogP contribution in [0.3, 0.4) is 0 Å². The summed E-state index contributed by atoms with van der Waals surface area (Å²) in [6.07, 6.45) is 0. The first-order valence-corrected chi connectivity index (χ1v) is 3.31. The molecule has 1 aromatic rings. The van der Waals surface area contributed by atoms with Gasteiger partial charge in [-0.25, -0.2) is 0 Å². The van der Waals surface area contributed by atoms with Crippen LogP contribution >= 0.6 is 0 Å². The Morgan fingerprint density at radius 2 is 2.50 bits per heavy atom. The van der Waals surface area contributed by atoms with Crippen molar-refractivity contribution in [2.45, 2.75) is 6.61 Å². The summed E-state index contributed by atoms with van der Waals surface area (Å²) in [6, 6.07) is 0. The van der Waals surface area contributed by atoms with Gasteiger partial charge < -0.3 is 14.6 Å². The number of carbonyl (C=O) groups is 1. The average molecular weight is 171 g/mol. The van der Waals surface area contributed by atoms with Crippen molar-refractivity contribution in [3.63, 3.8) is 0 Å². The van der Waals surface area contributed by atoms with Gasteiger partial charge in [0.25, 0.3) is 17.6 Å². The van der Waals surface area contributed by atoms with E-state index in [-0.39, 0.29) is 24.2 Å². The molecule has 0 aliphatic rings. The maximum absolute atomic E-state index is 10.9. The van der Waals surface area contributed by atoms with Gasteiger partial charge in [-0.3, -0.25) is 4.79 Å². The number of hydrogen-bond donors (Lipinski definition) is 1. The molecule has 12 heavy (non-hydrogen) atoms. The topological polar surface area (TPSA) is 77.2 Å². The van der Waals surface area contributed by atoms with Crippen LogP contribution in [0.5, 0.6) is 0 Å². The molecule has 1 heterocycles. The van der Waals surface area contributed by atoms with Gasteiger partial charge in [-0.15, -0.1) is 0 Å². The summed E-state index contributed by atoms with van der Waals surface area (Å²) < 4.78 is 9.41. The number of aromatic nitrogens is 2. The monoisotopic (exact) mass is 171 g/mol. The molecule has 0 aliphatic heterocycles. The van der Waals surface area contributed by atoms with Crippen LogP contribution in [0, 0.1) is 0 Å². The first-order chi connectivity index (χ1) is 5.77. The number of carbonyl (C=O) groups excluding carboxylic acids is 1. The van der Waals surface area contributed by atoms with Crippen molar-refractivity contribution in [2.75, 3.05) is 14.2 Å². The second-order valence-corrected chi connectivity index (χ2v) is 2.02. The van der Waals surface area contributed by atoms with Crippen molar-refractivity contribution in [3.8, 4) is 0 Å². The van der Waals surface area contributed by atoms with Crippen LogP contribution in [-0.2, 0) is 11.3 Å². The summed E-state index contributed by atoms with van der Waals surface area (Å²) in [7, 11) is 3.00. The van der Waals surface area contributed by atoms with Crippen LogP contribution in [0.15, 0.2) is 4.52 Å². The summed E-state index contributed by atoms with van der Waals surface area (Å²) in [4.78, 5) is 14.7. The Bertz CT molecular complexity index is 271. The van der Waals surface area contributed by atoms with Crippen LogP contribution in [0.4, 0.5) is 0 Å². The quantitative estimate of drug-likeness (QED) is 0.668. The maximum atomic E-state index is 10.9. The molecule has 0 unspecified atom stereocenters. The van der Waals surface area contributed by atoms with Gasteiger partial charge in [0.2, 0.25) is 0 Å². The lowest BCUT2D eigenvalue weighted by Gasteiger charge is -1.88. The fraction of sp³-hybridized carbons (Fsp3) is 0.500. The Hall–Kier alpha value is -1.43. The molecule has 1 aromatic heterocycles. The van der Waals surface area contributed by atoms with E-state index in [9.17, 15) is 4.79 Å². The number of methoxy groups -OCH3 is 1. The molecule has 66 valence electrons. The van der Waals surface area contributed by atoms with E-state index in [0.717, 1.165) is 0 Å². The largest absolute Gasteiger partial charge is 0.375 e. The number of amides is 1. The van der Waals surface area contributed by atoms with Crippen LogP contribution in [-0.4, -0.2) is 30.2 Å². The Balaban J connectivity index is 2.70. The molecule has 0 radical (unpaired) electrons. The highest BCUT2D eigenvalue weighted by molar-refractivity contribution is 5.89. The van der Waals surface area contributed by atoms with Gasteiger partial charge in [0.1, 0.15) is 6.61 Å².